The highest BCUT2D eigenvalue weighted by molar-refractivity contribution is 8.09. The second-order valence-electron chi connectivity index (χ2n) is 6.47. The summed E-state index contributed by atoms with van der Waals surface area (Å²) in [6, 6.07) is 0. The van der Waals surface area contributed by atoms with Crippen molar-refractivity contribution in [2.75, 3.05) is 0 Å². The van der Waals surface area contributed by atoms with Crippen LogP contribution in [0, 0.1) is 11.8 Å². The van der Waals surface area contributed by atoms with Crippen molar-refractivity contribution < 1.29 is 21.6 Å². The molecule has 0 bridgehead atoms. The number of hydrogen-bond donors (Lipinski definition) is 0. The zero-order valence-electron chi connectivity index (χ0n) is 14.1. The summed E-state index contributed by atoms with van der Waals surface area (Å²) < 4.78 is 49.3. The van der Waals surface area contributed by atoms with E-state index >= 15 is 0 Å². The van der Waals surface area contributed by atoms with Gasteiger partial charge < -0.3 is 5.53 Å². The lowest BCUT2D eigenvalue weighted by atomic mass is 9.90. The second kappa shape index (κ2) is 7.17. The maximum Gasteiger partial charge on any atom is 0.388 e. The Bertz CT molecular complexity index is 888. The molecule has 1 fully saturated rings. The van der Waals surface area contributed by atoms with Crippen LogP contribution in [0.2, 0.25) is 0 Å². The van der Waals surface area contributed by atoms with Crippen LogP contribution in [0.5, 0.6) is 0 Å². The fourth-order valence-corrected chi connectivity index (χ4v) is 6.68. The topological polar surface area (TPSA) is 105 Å². The molecule has 0 N–H and O–H groups in total. The van der Waals surface area contributed by atoms with E-state index in [1.54, 1.807) is 26.8 Å². The van der Waals surface area contributed by atoms with Gasteiger partial charge in [0.1, 0.15) is 0 Å². The molecule has 0 aromatic heterocycles. The fraction of sp³-hybridized carbons (Fsp3) is 0.625. The van der Waals surface area contributed by atoms with Gasteiger partial charge in [-0.3, -0.25) is 0 Å². The molecule has 24 heavy (non-hydrogen) atoms. The Morgan fingerprint density at radius 2 is 1.79 bits per heavy atom. The van der Waals surface area contributed by atoms with E-state index in [2.05, 4.69) is 4.79 Å². The molecule has 6 nitrogen and oxygen atoms in total. The van der Waals surface area contributed by atoms with Crippen LogP contribution >= 0.6 is 0 Å². The lowest BCUT2D eigenvalue weighted by Crippen LogP contribution is -2.33. The predicted octanol–water partition coefficient (Wildman–Crippen LogP) is 2.53. The van der Waals surface area contributed by atoms with E-state index < -0.39 is 26.0 Å². The fourth-order valence-electron chi connectivity index (χ4n) is 3.81. The van der Waals surface area contributed by atoms with Crippen molar-refractivity contribution in [2.24, 2.45) is 11.8 Å². The highest BCUT2D eigenvalue weighted by Crippen LogP contribution is 2.35. The summed E-state index contributed by atoms with van der Waals surface area (Å²) in [4.78, 5) is 3.22. The number of sulfone groups is 1. The first kappa shape index (κ1) is 18.8. The molecule has 1 atom stereocenters. The highest BCUT2D eigenvalue weighted by atomic mass is 32.2. The van der Waals surface area contributed by atoms with Crippen LogP contribution in [0.3, 0.4) is 0 Å². The molecule has 1 saturated carbocycles. The van der Waals surface area contributed by atoms with Crippen LogP contribution in [-0.2, 0) is 20.1 Å². The average molecular weight is 370 g/mol. The van der Waals surface area contributed by atoms with Crippen LogP contribution in [0.15, 0.2) is 22.1 Å². The Morgan fingerprint density at radius 3 is 2.29 bits per heavy atom. The minimum absolute atomic E-state index is 0.0191. The molecule has 132 valence electrons. The molecule has 0 aromatic carbocycles. The van der Waals surface area contributed by atoms with E-state index in [1.165, 1.54) is 0 Å². The SMILES string of the molecule is CC1=CC(C)=C(S(=O)(=O)C(=[N+]=[N-])C2CCCCC2)C(C)C1=S(=O)=O. The summed E-state index contributed by atoms with van der Waals surface area (Å²) in [5, 5.41) is -0.229. The normalized spacial score (nSPS) is 22.9. The standard InChI is InChI=1S/C16H22N2O4S2/c1-10-9-11(2)15(12(3)14(10)23(19)20)24(21,22)16(18-17)13-7-5-4-6-8-13/h9,12-13H,4-8H2,1-3H3. The van der Waals surface area contributed by atoms with E-state index in [0.717, 1.165) is 19.3 Å². The van der Waals surface area contributed by atoms with Gasteiger partial charge in [-0.2, -0.15) is 13.2 Å². The van der Waals surface area contributed by atoms with Gasteiger partial charge >= 0.3 is 5.04 Å². The Kier molecular flexibility index (Phi) is 5.63. The van der Waals surface area contributed by atoms with E-state index in [4.69, 9.17) is 0 Å². The summed E-state index contributed by atoms with van der Waals surface area (Å²) in [5.41, 5.74) is 10.4. The summed E-state index contributed by atoms with van der Waals surface area (Å²) >= 11 is 0. The van der Waals surface area contributed by atoms with E-state index in [-0.39, 0.29) is 20.7 Å². The zero-order chi connectivity index (χ0) is 18.1. The number of hydrogen-bond acceptors (Lipinski definition) is 4. The molecule has 0 saturated heterocycles. The average Bonchev–Trinajstić information content (AvgIpc) is 2.47. The Morgan fingerprint density at radius 1 is 1.21 bits per heavy atom. The van der Waals surface area contributed by atoms with Gasteiger partial charge in [0.25, 0.3) is 9.84 Å². The molecule has 0 aliphatic heterocycles. The Hall–Kier alpha value is -1.50. The zero-order valence-corrected chi connectivity index (χ0v) is 15.7. The maximum absolute atomic E-state index is 13.1. The van der Waals surface area contributed by atoms with E-state index in [0.29, 0.717) is 24.0 Å². The number of allylic oxidation sites excluding steroid dienone is 4. The number of nitrogens with zero attached hydrogens (tertiary/aromatic N) is 2. The quantitative estimate of drug-likeness (QED) is 0.245. The molecule has 2 aliphatic carbocycles. The Balaban J connectivity index is 2.61. The van der Waals surface area contributed by atoms with Gasteiger partial charge in [0.05, 0.1) is 15.7 Å². The number of rotatable bonds is 2. The van der Waals surface area contributed by atoms with Gasteiger partial charge in [-0.15, -0.1) is 0 Å². The van der Waals surface area contributed by atoms with E-state index in [1.807, 2.05) is 0 Å². The van der Waals surface area contributed by atoms with Gasteiger partial charge in [0, 0.05) is 5.92 Å². The minimum atomic E-state index is -4.02. The smallest absolute Gasteiger partial charge is 0.360 e. The summed E-state index contributed by atoms with van der Waals surface area (Å²) in [6.07, 6.45) is 5.73. The predicted molar refractivity (Wildman–Crippen MR) is 93.7 cm³/mol. The van der Waals surface area contributed by atoms with Gasteiger partial charge in [-0.1, -0.05) is 32.3 Å². The molecule has 0 spiro atoms. The largest absolute Gasteiger partial charge is 0.388 e. The monoisotopic (exact) mass is 370 g/mol. The van der Waals surface area contributed by atoms with Crippen LogP contribution in [0.4, 0.5) is 0 Å². The van der Waals surface area contributed by atoms with Gasteiger partial charge in [-0.05, 0) is 37.8 Å². The van der Waals surface area contributed by atoms with Gasteiger partial charge in [0.15, 0.2) is 0 Å². The van der Waals surface area contributed by atoms with E-state index in [9.17, 15) is 22.4 Å². The van der Waals surface area contributed by atoms with Crippen molar-refractivity contribution in [3.63, 3.8) is 0 Å². The molecule has 2 aliphatic rings. The summed E-state index contributed by atoms with van der Waals surface area (Å²) in [5.74, 6) is -1.10. The molecule has 0 aromatic rings. The van der Waals surface area contributed by atoms with Gasteiger partial charge in [-0.25, -0.2) is 8.42 Å². The third-order valence-electron chi connectivity index (χ3n) is 4.79. The first-order valence-electron chi connectivity index (χ1n) is 8.04. The lowest BCUT2D eigenvalue weighted by Gasteiger charge is -2.24. The molecule has 2 rings (SSSR count). The first-order chi connectivity index (χ1) is 11.2. The van der Waals surface area contributed by atoms with Crippen molar-refractivity contribution in [3.05, 3.63) is 27.7 Å². The lowest BCUT2D eigenvalue weighted by molar-refractivity contribution is -0.00897. The molecular weight excluding hydrogens is 348 g/mol. The molecule has 0 radical (unpaired) electrons. The van der Waals surface area contributed by atoms with Crippen LogP contribution in [-0.4, -0.2) is 31.5 Å². The molecule has 1 unspecified atom stereocenters. The van der Waals surface area contributed by atoms with Crippen molar-refractivity contribution in [1.29, 1.82) is 0 Å². The van der Waals surface area contributed by atoms with Crippen LogP contribution < -0.4 is 0 Å². The second-order valence-corrected chi connectivity index (χ2v) is 9.25. The molecule has 0 amide bonds. The summed E-state index contributed by atoms with van der Waals surface area (Å²) in [6.45, 7) is 4.86. The minimum Gasteiger partial charge on any atom is -0.360 e. The Labute approximate surface area is 144 Å². The van der Waals surface area contributed by atoms with Crippen molar-refractivity contribution in [2.45, 2.75) is 52.9 Å². The highest BCUT2D eigenvalue weighted by Gasteiger charge is 2.44. The molecule has 0 heterocycles. The first-order valence-corrected chi connectivity index (χ1v) is 10.6. The van der Waals surface area contributed by atoms with Crippen molar-refractivity contribution in [1.82, 2.24) is 0 Å². The van der Waals surface area contributed by atoms with Crippen LogP contribution in [0.25, 0.3) is 5.53 Å². The van der Waals surface area contributed by atoms with Crippen LogP contribution in [0.1, 0.15) is 52.9 Å². The maximum atomic E-state index is 13.1. The molecular formula is C16H22N2O4S2. The van der Waals surface area contributed by atoms with Crippen molar-refractivity contribution in [3.8, 4) is 0 Å². The van der Waals surface area contributed by atoms with Crippen molar-refractivity contribution >= 4 is 30.0 Å². The third-order valence-corrected chi connectivity index (χ3v) is 8.05. The van der Waals surface area contributed by atoms with Gasteiger partial charge in [0.2, 0.25) is 10.3 Å². The third kappa shape index (κ3) is 3.31. The summed E-state index contributed by atoms with van der Waals surface area (Å²) in [7, 11) is -6.53. The molecule has 8 heteroatoms.